The summed E-state index contributed by atoms with van der Waals surface area (Å²) in [5, 5.41) is 13.1. The Bertz CT molecular complexity index is 1270. The van der Waals surface area contributed by atoms with Gasteiger partial charge in [-0.2, -0.15) is 4.31 Å². The lowest BCUT2D eigenvalue weighted by Gasteiger charge is -2.25. The molecule has 4 rings (SSSR count). The SMILES string of the molecule is COCCN(C[C@H](O)Cn1c2ccccc2c2ccccc21)S(=O)(=O)c1ccc(F)cc1. The lowest BCUT2D eigenvalue weighted by atomic mass is 10.2. The first kappa shape index (κ1) is 22.4. The standard InChI is InChI=1S/C24H25FN2O4S/c1-31-15-14-26(32(29,30)20-12-10-18(25)11-13-20)16-19(28)17-27-23-8-4-2-6-21(23)22-7-3-5-9-24(22)27/h2-13,19,28H,14-17H2,1H3/t19-/m0/s1. The number of nitrogens with zero attached hydrogens (tertiary/aromatic N) is 2. The first-order chi connectivity index (χ1) is 15.4. The van der Waals surface area contributed by atoms with Crippen molar-refractivity contribution in [1.29, 1.82) is 0 Å². The van der Waals surface area contributed by atoms with Crippen molar-refractivity contribution in [3.63, 3.8) is 0 Å². The third-order valence-electron chi connectivity index (χ3n) is 5.48. The number of benzene rings is 3. The van der Waals surface area contributed by atoms with Gasteiger partial charge in [-0.3, -0.25) is 0 Å². The fourth-order valence-corrected chi connectivity index (χ4v) is 5.42. The minimum Gasteiger partial charge on any atom is -0.390 e. The Morgan fingerprint density at radius 3 is 2.09 bits per heavy atom. The van der Waals surface area contributed by atoms with Crippen LogP contribution < -0.4 is 0 Å². The van der Waals surface area contributed by atoms with E-state index in [0.29, 0.717) is 0 Å². The first-order valence-corrected chi connectivity index (χ1v) is 11.7. The molecule has 168 valence electrons. The van der Waals surface area contributed by atoms with Gasteiger partial charge in [0.1, 0.15) is 5.82 Å². The van der Waals surface area contributed by atoms with E-state index in [1.165, 1.54) is 23.5 Å². The highest BCUT2D eigenvalue weighted by Crippen LogP contribution is 2.29. The summed E-state index contributed by atoms with van der Waals surface area (Å²) >= 11 is 0. The normalized spacial score (nSPS) is 13.2. The number of halogens is 1. The Kier molecular flexibility index (Phi) is 6.57. The summed E-state index contributed by atoms with van der Waals surface area (Å²) in [7, 11) is -2.45. The van der Waals surface area contributed by atoms with Crippen LogP contribution in [0, 0.1) is 5.82 Å². The lowest BCUT2D eigenvalue weighted by molar-refractivity contribution is 0.115. The first-order valence-electron chi connectivity index (χ1n) is 10.3. The Hall–Kier alpha value is -2.78. The van der Waals surface area contributed by atoms with Crippen molar-refractivity contribution >= 4 is 31.8 Å². The topological polar surface area (TPSA) is 71.8 Å². The van der Waals surface area contributed by atoms with Crippen LogP contribution in [0.3, 0.4) is 0 Å². The maximum absolute atomic E-state index is 13.3. The summed E-state index contributed by atoms with van der Waals surface area (Å²) in [4.78, 5) is -0.0286. The van der Waals surface area contributed by atoms with Crippen molar-refractivity contribution in [2.75, 3.05) is 26.8 Å². The molecule has 32 heavy (non-hydrogen) atoms. The molecule has 1 atom stereocenters. The van der Waals surface area contributed by atoms with Gasteiger partial charge in [0, 0.05) is 42.0 Å². The van der Waals surface area contributed by atoms with Crippen LogP contribution in [-0.4, -0.2) is 55.3 Å². The van der Waals surface area contributed by atoms with Gasteiger partial charge in [-0.25, -0.2) is 12.8 Å². The van der Waals surface area contributed by atoms with Crippen molar-refractivity contribution in [3.8, 4) is 0 Å². The minimum absolute atomic E-state index is 0.0286. The molecule has 1 N–H and O–H groups in total. The molecule has 1 heterocycles. The molecule has 6 nitrogen and oxygen atoms in total. The van der Waals surface area contributed by atoms with Gasteiger partial charge in [0.25, 0.3) is 0 Å². The molecule has 0 fully saturated rings. The van der Waals surface area contributed by atoms with Gasteiger partial charge in [0.2, 0.25) is 10.0 Å². The summed E-state index contributed by atoms with van der Waals surface area (Å²) in [6, 6.07) is 20.5. The zero-order valence-electron chi connectivity index (χ0n) is 17.7. The Morgan fingerprint density at radius 2 is 1.53 bits per heavy atom. The van der Waals surface area contributed by atoms with Gasteiger partial charge in [-0.1, -0.05) is 36.4 Å². The van der Waals surface area contributed by atoms with Crippen LogP contribution in [0.4, 0.5) is 4.39 Å². The number of sulfonamides is 1. The van der Waals surface area contributed by atoms with Crippen molar-refractivity contribution in [1.82, 2.24) is 8.87 Å². The molecule has 0 bridgehead atoms. The molecule has 0 radical (unpaired) electrons. The zero-order chi connectivity index (χ0) is 22.7. The summed E-state index contributed by atoms with van der Waals surface area (Å²) in [6.07, 6.45) is -0.971. The molecular weight excluding hydrogens is 431 g/mol. The van der Waals surface area contributed by atoms with E-state index in [-0.39, 0.29) is 31.1 Å². The average molecular weight is 457 g/mol. The molecule has 0 saturated heterocycles. The molecule has 4 aromatic rings. The molecule has 0 spiro atoms. The van der Waals surface area contributed by atoms with Gasteiger partial charge >= 0.3 is 0 Å². The maximum atomic E-state index is 13.3. The zero-order valence-corrected chi connectivity index (χ0v) is 18.5. The number of para-hydroxylation sites is 2. The van der Waals surface area contributed by atoms with E-state index in [4.69, 9.17) is 4.74 Å². The Balaban J connectivity index is 1.63. The largest absolute Gasteiger partial charge is 0.390 e. The Labute approximate surface area is 186 Å². The summed E-state index contributed by atoms with van der Waals surface area (Å²) in [5.74, 6) is -0.515. The molecule has 0 amide bonds. The van der Waals surface area contributed by atoms with Crippen molar-refractivity contribution in [2.24, 2.45) is 0 Å². The van der Waals surface area contributed by atoms with Crippen molar-refractivity contribution < 1.29 is 22.7 Å². The number of fused-ring (bicyclic) bond motifs is 3. The molecule has 3 aromatic carbocycles. The van der Waals surface area contributed by atoms with Crippen LogP contribution in [0.5, 0.6) is 0 Å². The van der Waals surface area contributed by atoms with Crippen LogP contribution >= 0.6 is 0 Å². The van der Waals surface area contributed by atoms with Crippen LogP contribution in [0.15, 0.2) is 77.7 Å². The van der Waals surface area contributed by atoms with E-state index in [1.54, 1.807) is 0 Å². The fraction of sp³-hybridized carbons (Fsp3) is 0.250. The van der Waals surface area contributed by atoms with Gasteiger partial charge in [0.15, 0.2) is 0 Å². The predicted octanol–water partition coefficient (Wildman–Crippen LogP) is 3.63. The second-order valence-corrected chi connectivity index (χ2v) is 9.55. The predicted molar refractivity (Wildman–Crippen MR) is 122 cm³/mol. The fourth-order valence-electron chi connectivity index (χ4n) is 3.96. The third-order valence-corrected chi connectivity index (χ3v) is 7.36. The van der Waals surface area contributed by atoms with Crippen LogP contribution in [-0.2, 0) is 21.3 Å². The molecule has 1 aromatic heterocycles. The second kappa shape index (κ2) is 9.38. The van der Waals surface area contributed by atoms with Gasteiger partial charge in [0.05, 0.1) is 24.2 Å². The van der Waals surface area contributed by atoms with E-state index in [1.807, 2.05) is 53.1 Å². The number of hydrogen-bond acceptors (Lipinski definition) is 4. The van der Waals surface area contributed by atoms with Gasteiger partial charge in [-0.05, 0) is 36.4 Å². The Morgan fingerprint density at radius 1 is 0.969 bits per heavy atom. The van der Waals surface area contributed by atoms with Crippen molar-refractivity contribution in [3.05, 3.63) is 78.6 Å². The average Bonchev–Trinajstić information content (AvgIpc) is 3.10. The van der Waals surface area contributed by atoms with Crippen LogP contribution in [0.1, 0.15) is 0 Å². The van der Waals surface area contributed by atoms with E-state index >= 15 is 0 Å². The molecule has 8 heteroatoms. The van der Waals surface area contributed by atoms with E-state index in [0.717, 1.165) is 33.9 Å². The number of rotatable bonds is 9. The molecule has 0 aliphatic rings. The third kappa shape index (κ3) is 4.40. The number of hydrogen-bond donors (Lipinski definition) is 1. The minimum atomic E-state index is -3.93. The molecule has 0 unspecified atom stereocenters. The molecule has 0 aliphatic heterocycles. The highest BCUT2D eigenvalue weighted by molar-refractivity contribution is 7.89. The smallest absolute Gasteiger partial charge is 0.243 e. The molecule has 0 aliphatic carbocycles. The lowest BCUT2D eigenvalue weighted by Crippen LogP contribution is -2.40. The number of aliphatic hydroxyl groups is 1. The molecular formula is C24H25FN2O4S. The highest BCUT2D eigenvalue weighted by atomic mass is 32.2. The monoisotopic (exact) mass is 456 g/mol. The van der Waals surface area contributed by atoms with E-state index in [2.05, 4.69) is 0 Å². The summed E-state index contributed by atoms with van der Waals surface area (Å²) in [5.41, 5.74) is 1.94. The van der Waals surface area contributed by atoms with Crippen LogP contribution in [0.2, 0.25) is 0 Å². The van der Waals surface area contributed by atoms with E-state index < -0.39 is 21.9 Å². The highest BCUT2D eigenvalue weighted by Gasteiger charge is 2.27. The number of ether oxygens (including phenoxy) is 1. The number of aliphatic hydroxyl groups excluding tert-OH is 1. The van der Waals surface area contributed by atoms with Gasteiger partial charge < -0.3 is 14.4 Å². The summed E-state index contributed by atoms with van der Waals surface area (Å²) < 4.78 is 47.8. The number of methoxy groups -OCH3 is 1. The molecule has 0 saturated carbocycles. The van der Waals surface area contributed by atoms with Crippen molar-refractivity contribution in [2.45, 2.75) is 17.5 Å². The second-order valence-electron chi connectivity index (χ2n) is 7.61. The van der Waals surface area contributed by atoms with Gasteiger partial charge in [-0.15, -0.1) is 0 Å². The summed E-state index contributed by atoms with van der Waals surface area (Å²) in [6.45, 7) is 0.337. The van der Waals surface area contributed by atoms with E-state index in [9.17, 15) is 17.9 Å². The maximum Gasteiger partial charge on any atom is 0.243 e. The number of aromatic nitrogens is 1. The quantitative estimate of drug-likeness (QED) is 0.418. The van der Waals surface area contributed by atoms with Crippen LogP contribution in [0.25, 0.3) is 21.8 Å².